The molecule has 0 amide bonds. The Hall–Kier alpha value is -4.22. The van der Waals surface area contributed by atoms with Gasteiger partial charge in [0.1, 0.15) is 0 Å². The summed E-state index contributed by atoms with van der Waals surface area (Å²) in [6.45, 7) is 1.93. The molecule has 0 saturated carbocycles. The number of aromatic nitrogens is 4. The zero-order chi connectivity index (χ0) is 22.9. The van der Waals surface area contributed by atoms with E-state index in [1.165, 1.54) is 0 Å². The van der Waals surface area contributed by atoms with Gasteiger partial charge in [0.15, 0.2) is 0 Å². The highest BCUT2D eigenvalue weighted by Gasteiger charge is 2.15. The molecule has 1 aromatic carbocycles. The summed E-state index contributed by atoms with van der Waals surface area (Å²) in [6, 6.07) is 20.9. The van der Waals surface area contributed by atoms with Gasteiger partial charge in [-0.2, -0.15) is 0 Å². The second-order valence-corrected chi connectivity index (χ2v) is 7.20. The Morgan fingerprint density at radius 1 is 0.455 bits per heavy atom. The fourth-order valence-corrected chi connectivity index (χ4v) is 3.68. The van der Waals surface area contributed by atoms with E-state index in [1.807, 2.05) is 98.1 Å². The van der Waals surface area contributed by atoms with Crippen molar-refractivity contribution in [2.75, 3.05) is 6.61 Å². The number of aliphatic hydroxyl groups is 1. The number of benzene rings is 1. The van der Waals surface area contributed by atoms with Crippen LogP contribution < -0.4 is 0 Å². The van der Waals surface area contributed by atoms with Crippen LogP contribution in [0.3, 0.4) is 0 Å². The predicted molar refractivity (Wildman–Crippen MR) is 132 cm³/mol. The van der Waals surface area contributed by atoms with Crippen molar-refractivity contribution in [3.05, 3.63) is 110 Å². The third-order valence-electron chi connectivity index (χ3n) is 5.12. The van der Waals surface area contributed by atoms with Gasteiger partial charge in [-0.05, 0) is 112 Å². The van der Waals surface area contributed by atoms with Crippen molar-refractivity contribution in [1.29, 1.82) is 0 Å². The molecule has 1 N–H and O–H groups in total. The lowest BCUT2D eigenvalue weighted by molar-refractivity contribution is 0.318. The van der Waals surface area contributed by atoms with Crippen LogP contribution in [0, 0.1) is 0 Å². The van der Waals surface area contributed by atoms with E-state index in [0.717, 1.165) is 44.5 Å². The highest BCUT2D eigenvalue weighted by molar-refractivity contribution is 5.94. The number of hydrogen-bond donors (Lipinski definition) is 1. The Morgan fingerprint density at radius 3 is 0.818 bits per heavy atom. The van der Waals surface area contributed by atoms with Crippen molar-refractivity contribution in [3.8, 4) is 44.5 Å². The molecule has 0 spiro atoms. The minimum atomic E-state index is 0.250. The fraction of sp³-hybridized carbons (Fsp3) is 0.0714. The molecule has 4 aromatic heterocycles. The van der Waals surface area contributed by atoms with Crippen LogP contribution >= 0.6 is 0 Å². The van der Waals surface area contributed by atoms with Gasteiger partial charge in [0.05, 0.1) is 0 Å². The topological polar surface area (TPSA) is 71.8 Å². The lowest BCUT2D eigenvalue weighted by atomic mass is 9.86. The average Bonchev–Trinajstić information content (AvgIpc) is 2.90. The molecular weight excluding hydrogens is 408 g/mol. The summed E-state index contributed by atoms with van der Waals surface area (Å²) in [5.41, 5.74) is 9.06. The molecule has 5 heteroatoms. The SMILES string of the molecule is CCO.c1cc(-c2cc(-c3ccncc3)c(-c3ccncc3)cc2-c2ccncc2)ccn1. The quantitative estimate of drug-likeness (QED) is 0.381. The Bertz CT molecular complexity index is 1080. The van der Waals surface area contributed by atoms with Gasteiger partial charge in [-0.1, -0.05) is 0 Å². The first-order valence-electron chi connectivity index (χ1n) is 10.7. The van der Waals surface area contributed by atoms with Crippen LogP contribution in [-0.2, 0) is 0 Å². The van der Waals surface area contributed by atoms with Crippen LogP contribution in [0.5, 0.6) is 0 Å². The molecule has 0 aliphatic rings. The number of hydrogen-bond acceptors (Lipinski definition) is 5. The van der Waals surface area contributed by atoms with Gasteiger partial charge in [-0.25, -0.2) is 0 Å². The zero-order valence-electron chi connectivity index (χ0n) is 18.3. The number of rotatable bonds is 4. The van der Waals surface area contributed by atoms with E-state index >= 15 is 0 Å². The van der Waals surface area contributed by atoms with Crippen molar-refractivity contribution < 1.29 is 5.11 Å². The van der Waals surface area contributed by atoms with E-state index in [-0.39, 0.29) is 6.61 Å². The summed E-state index contributed by atoms with van der Waals surface area (Å²) >= 11 is 0. The van der Waals surface area contributed by atoms with Crippen molar-refractivity contribution in [2.24, 2.45) is 0 Å². The molecule has 0 atom stereocenters. The second-order valence-electron chi connectivity index (χ2n) is 7.20. The molecule has 0 aliphatic carbocycles. The van der Waals surface area contributed by atoms with Crippen LogP contribution in [0.4, 0.5) is 0 Å². The van der Waals surface area contributed by atoms with Crippen LogP contribution in [0.25, 0.3) is 44.5 Å². The lowest BCUT2D eigenvalue weighted by Gasteiger charge is -2.18. The highest BCUT2D eigenvalue weighted by atomic mass is 16.2. The van der Waals surface area contributed by atoms with Crippen LogP contribution in [0.15, 0.2) is 110 Å². The minimum absolute atomic E-state index is 0.250. The van der Waals surface area contributed by atoms with Gasteiger partial charge >= 0.3 is 0 Å². The van der Waals surface area contributed by atoms with E-state index in [9.17, 15) is 0 Å². The molecule has 4 heterocycles. The van der Waals surface area contributed by atoms with E-state index in [1.54, 1.807) is 6.92 Å². The monoisotopic (exact) mass is 432 g/mol. The summed E-state index contributed by atoms with van der Waals surface area (Å²) in [5.74, 6) is 0. The predicted octanol–water partition coefficient (Wildman–Crippen LogP) is 5.93. The summed E-state index contributed by atoms with van der Waals surface area (Å²) in [5, 5.41) is 7.57. The first-order valence-corrected chi connectivity index (χ1v) is 10.7. The lowest BCUT2D eigenvalue weighted by Crippen LogP contribution is -1.93. The van der Waals surface area contributed by atoms with Crippen molar-refractivity contribution in [2.45, 2.75) is 6.92 Å². The Labute approximate surface area is 193 Å². The number of aliphatic hydroxyl groups excluding tert-OH is 1. The Balaban J connectivity index is 0.000000821. The van der Waals surface area contributed by atoms with Gasteiger partial charge in [0.25, 0.3) is 0 Å². The molecule has 0 saturated heterocycles. The van der Waals surface area contributed by atoms with E-state index < -0.39 is 0 Å². The molecule has 162 valence electrons. The van der Waals surface area contributed by atoms with E-state index in [0.29, 0.717) is 0 Å². The molecule has 0 fully saturated rings. The third kappa shape index (κ3) is 5.17. The van der Waals surface area contributed by atoms with Crippen LogP contribution in [0.1, 0.15) is 6.92 Å². The standard InChI is InChI=1S/C26H18N4.C2H6O/c1-9-27-10-2-19(1)23-17-25(21-5-13-29-14-6-21)26(22-7-15-30-16-8-22)18-24(23)20-3-11-28-12-4-20;1-2-3/h1-18H;3H,2H2,1H3. The normalized spacial score (nSPS) is 10.2. The van der Waals surface area contributed by atoms with Gasteiger partial charge in [-0.3, -0.25) is 19.9 Å². The van der Waals surface area contributed by atoms with Crippen LogP contribution in [-0.4, -0.2) is 31.6 Å². The first kappa shape index (κ1) is 22.0. The third-order valence-corrected chi connectivity index (χ3v) is 5.12. The van der Waals surface area contributed by atoms with Crippen LogP contribution in [0.2, 0.25) is 0 Å². The molecule has 0 aliphatic heterocycles. The first-order chi connectivity index (χ1) is 16.3. The zero-order valence-corrected chi connectivity index (χ0v) is 18.3. The molecule has 0 bridgehead atoms. The van der Waals surface area contributed by atoms with E-state index in [2.05, 4.69) is 32.1 Å². The Kier molecular flexibility index (Phi) is 7.25. The van der Waals surface area contributed by atoms with Gasteiger partial charge in [-0.15, -0.1) is 0 Å². The highest BCUT2D eigenvalue weighted by Crippen LogP contribution is 2.41. The summed E-state index contributed by atoms with van der Waals surface area (Å²) in [7, 11) is 0. The Morgan fingerprint density at radius 2 is 0.636 bits per heavy atom. The maximum Gasteiger partial charge on any atom is 0.0402 e. The summed E-state index contributed by atoms with van der Waals surface area (Å²) in [4.78, 5) is 16.8. The second kappa shape index (κ2) is 10.9. The van der Waals surface area contributed by atoms with Crippen molar-refractivity contribution >= 4 is 0 Å². The maximum atomic E-state index is 7.57. The number of pyridine rings is 4. The molecule has 33 heavy (non-hydrogen) atoms. The van der Waals surface area contributed by atoms with Crippen molar-refractivity contribution in [3.63, 3.8) is 0 Å². The smallest absolute Gasteiger partial charge is 0.0402 e. The molecular formula is C28H24N4O. The maximum absolute atomic E-state index is 7.57. The van der Waals surface area contributed by atoms with Crippen molar-refractivity contribution in [1.82, 2.24) is 19.9 Å². The summed E-state index contributed by atoms with van der Waals surface area (Å²) in [6.07, 6.45) is 14.6. The van der Waals surface area contributed by atoms with Gasteiger partial charge in [0, 0.05) is 56.2 Å². The average molecular weight is 433 g/mol. The number of nitrogens with zero attached hydrogens (tertiary/aromatic N) is 4. The fourth-order valence-electron chi connectivity index (χ4n) is 3.68. The largest absolute Gasteiger partial charge is 0.397 e. The molecule has 0 unspecified atom stereocenters. The van der Waals surface area contributed by atoms with Gasteiger partial charge < -0.3 is 5.11 Å². The van der Waals surface area contributed by atoms with E-state index in [4.69, 9.17) is 5.11 Å². The summed E-state index contributed by atoms with van der Waals surface area (Å²) < 4.78 is 0. The molecule has 5 aromatic rings. The molecule has 5 nitrogen and oxygen atoms in total. The van der Waals surface area contributed by atoms with Gasteiger partial charge in [0.2, 0.25) is 0 Å². The molecule has 0 radical (unpaired) electrons. The molecule has 5 rings (SSSR count). The minimum Gasteiger partial charge on any atom is -0.397 e.